The van der Waals surface area contributed by atoms with Crippen LogP contribution in [0.5, 0.6) is 0 Å². The molecule has 2 amide bonds. The summed E-state index contributed by atoms with van der Waals surface area (Å²) < 4.78 is 13.5. The van der Waals surface area contributed by atoms with Gasteiger partial charge < -0.3 is 15.1 Å². The Kier molecular flexibility index (Phi) is 8.42. The van der Waals surface area contributed by atoms with Crippen molar-refractivity contribution in [3.05, 3.63) is 59.4 Å². The van der Waals surface area contributed by atoms with Crippen molar-refractivity contribution in [2.45, 2.75) is 60.0 Å². The molecule has 0 radical (unpaired) electrons. The topological polar surface area (TPSA) is 52.7 Å². The van der Waals surface area contributed by atoms with Crippen molar-refractivity contribution in [1.29, 1.82) is 0 Å². The number of hydrogen-bond acceptors (Lipinski definition) is 3. The average molecular weight is 442 g/mol. The number of nitrogens with zero attached hydrogens (tertiary/aromatic N) is 2. The molecule has 0 heterocycles. The van der Waals surface area contributed by atoms with E-state index in [1.807, 2.05) is 42.1 Å². The number of amides is 2. The summed E-state index contributed by atoms with van der Waals surface area (Å²) in [7, 11) is 3.91. The Hall–Kier alpha value is -2.89. The smallest absolute Gasteiger partial charge is 0.255 e. The van der Waals surface area contributed by atoms with Crippen LogP contribution in [0.3, 0.4) is 0 Å². The summed E-state index contributed by atoms with van der Waals surface area (Å²) in [6, 6.07) is 11.3. The lowest BCUT2D eigenvalue weighted by Gasteiger charge is -2.33. The van der Waals surface area contributed by atoms with Gasteiger partial charge in [-0.05, 0) is 60.7 Å². The number of rotatable bonds is 8. The monoisotopic (exact) mass is 441 g/mol. The second-order valence-electron chi connectivity index (χ2n) is 9.72. The van der Waals surface area contributed by atoms with Gasteiger partial charge in [0, 0.05) is 50.0 Å². The number of anilines is 2. The van der Waals surface area contributed by atoms with Crippen LogP contribution in [0, 0.1) is 11.2 Å². The molecule has 6 heteroatoms. The van der Waals surface area contributed by atoms with Crippen molar-refractivity contribution < 1.29 is 14.0 Å². The molecule has 0 aliphatic carbocycles. The summed E-state index contributed by atoms with van der Waals surface area (Å²) in [5.41, 5.74) is 2.67. The normalized spacial score (nSPS) is 12.2. The number of benzene rings is 2. The summed E-state index contributed by atoms with van der Waals surface area (Å²) in [6.07, 6.45) is 1.31. The SMILES string of the molecule is CC[C@@H](C)N(Cc1cc(NC(=O)c2cccc(F)c2)ccc1N(C)C)C(=O)CC(C)(C)C. The standard InChI is InChI=1S/C26H36FN3O2/c1-8-18(2)30(24(31)16-26(3,4)5)17-20-15-22(12-13-23(20)29(6)7)28-25(32)19-10-9-11-21(27)14-19/h9-15,18H,8,16-17H2,1-7H3,(H,28,32)/t18-/m1/s1. The number of carbonyl (C=O) groups is 2. The Balaban J connectivity index is 2.35. The van der Waals surface area contributed by atoms with Crippen molar-refractivity contribution in [1.82, 2.24) is 4.90 Å². The highest BCUT2D eigenvalue weighted by Crippen LogP contribution is 2.28. The number of nitrogens with one attached hydrogen (secondary N) is 1. The molecular formula is C26H36FN3O2. The van der Waals surface area contributed by atoms with Gasteiger partial charge in [0.25, 0.3) is 5.91 Å². The zero-order valence-corrected chi connectivity index (χ0v) is 20.3. The molecule has 2 aromatic carbocycles. The fraction of sp³-hybridized carbons (Fsp3) is 0.462. The molecule has 5 nitrogen and oxygen atoms in total. The molecule has 1 N–H and O–H groups in total. The first-order valence-electron chi connectivity index (χ1n) is 11.1. The Morgan fingerprint density at radius 3 is 2.34 bits per heavy atom. The largest absolute Gasteiger partial charge is 0.377 e. The Bertz CT molecular complexity index is 950. The lowest BCUT2D eigenvalue weighted by Crippen LogP contribution is -2.39. The van der Waals surface area contributed by atoms with Crippen LogP contribution in [0.25, 0.3) is 0 Å². The highest BCUT2D eigenvalue weighted by Gasteiger charge is 2.25. The molecule has 0 aliphatic rings. The molecule has 0 unspecified atom stereocenters. The zero-order valence-electron chi connectivity index (χ0n) is 20.3. The summed E-state index contributed by atoms with van der Waals surface area (Å²) in [5, 5.41) is 2.85. The Labute approximate surface area is 191 Å². The second-order valence-corrected chi connectivity index (χ2v) is 9.72. The van der Waals surface area contributed by atoms with Crippen molar-refractivity contribution >= 4 is 23.2 Å². The van der Waals surface area contributed by atoms with Crippen LogP contribution in [0.2, 0.25) is 0 Å². The van der Waals surface area contributed by atoms with E-state index in [1.54, 1.807) is 6.07 Å². The van der Waals surface area contributed by atoms with Gasteiger partial charge in [0.15, 0.2) is 0 Å². The van der Waals surface area contributed by atoms with E-state index in [2.05, 4.69) is 39.9 Å². The van der Waals surface area contributed by atoms with Crippen molar-refractivity contribution in [2.24, 2.45) is 5.41 Å². The maximum atomic E-state index is 13.5. The number of carbonyl (C=O) groups excluding carboxylic acids is 2. The highest BCUT2D eigenvalue weighted by atomic mass is 19.1. The quantitative estimate of drug-likeness (QED) is 0.571. The summed E-state index contributed by atoms with van der Waals surface area (Å²) in [6.45, 7) is 10.8. The minimum Gasteiger partial charge on any atom is -0.377 e. The molecule has 0 saturated carbocycles. The second kappa shape index (κ2) is 10.6. The first kappa shape index (κ1) is 25.4. The van der Waals surface area contributed by atoms with Crippen molar-refractivity contribution in [3.8, 4) is 0 Å². The molecule has 2 aromatic rings. The molecule has 174 valence electrons. The molecular weight excluding hydrogens is 405 g/mol. The van der Waals surface area contributed by atoms with Gasteiger partial charge in [0.05, 0.1) is 0 Å². The zero-order chi connectivity index (χ0) is 24.1. The molecule has 0 bridgehead atoms. The van der Waals surface area contributed by atoms with Crippen LogP contribution in [0.1, 0.15) is 63.4 Å². The minimum absolute atomic E-state index is 0.0883. The van der Waals surface area contributed by atoms with Crippen LogP contribution >= 0.6 is 0 Å². The molecule has 0 saturated heterocycles. The summed E-state index contributed by atoms with van der Waals surface area (Å²) in [5.74, 6) is -0.718. The van der Waals surface area contributed by atoms with Crippen LogP contribution in [-0.2, 0) is 11.3 Å². The molecule has 32 heavy (non-hydrogen) atoms. The molecule has 0 aromatic heterocycles. The van der Waals surface area contributed by atoms with Gasteiger partial charge in [-0.25, -0.2) is 4.39 Å². The van der Waals surface area contributed by atoms with Gasteiger partial charge in [-0.3, -0.25) is 9.59 Å². The van der Waals surface area contributed by atoms with Crippen LogP contribution in [0.4, 0.5) is 15.8 Å². The van der Waals surface area contributed by atoms with Crippen LogP contribution in [0.15, 0.2) is 42.5 Å². The van der Waals surface area contributed by atoms with Gasteiger partial charge in [-0.1, -0.05) is 33.8 Å². The van der Waals surface area contributed by atoms with E-state index in [9.17, 15) is 14.0 Å². The third-order valence-corrected chi connectivity index (χ3v) is 5.37. The number of hydrogen-bond donors (Lipinski definition) is 1. The van der Waals surface area contributed by atoms with E-state index < -0.39 is 5.82 Å². The third kappa shape index (κ3) is 7.08. The lowest BCUT2D eigenvalue weighted by molar-refractivity contribution is -0.135. The maximum absolute atomic E-state index is 13.5. The summed E-state index contributed by atoms with van der Waals surface area (Å²) in [4.78, 5) is 29.6. The first-order valence-corrected chi connectivity index (χ1v) is 11.1. The molecule has 0 spiro atoms. The summed E-state index contributed by atoms with van der Waals surface area (Å²) >= 11 is 0. The van der Waals surface area contributed by atoms with E-state index >= 15 is 0 Å². The Morgan fingerprint density at radius 2 is 1.78 bits per heavy atom. The van der Waals surface area contributed by atoms with Gasteiger partial charge in [-0.2, -0.15) is 0 Å². The van der Waals surface area contributed by atoms with Gasteiger partial charge in [0.1, 0.15) is 5.82 Å². The molecule has 0 fully saturated rings. The van der Waals surface area contributed by atoms with E-state index in [0.717, 1.165) is 17.7 Å². The number of halogens is 1. The average Bonchev–Trinajstić information content (AvgIpc) is 2.70. The molecule has 0 aliphatic heterocycles. The highest BCUT2D eigenvalue weighted by molar-refractivity contribution is 6.04. The van der Waals surface area contributed by atoms with Gasteiger partial charge >= 0.3 is 0 Å². The fourth-order valence-corrected chi connectivity index (χ4v) is 3.51. The van der Waals surface area contributed by atoms with E-state index in [1.165, 1.54) is 18.2 Å². The maximum Gasteiger partial charge on any atom is 0.255 e. The molecule has 2 rings (SSSR count). The minimum atomic E-state index is -0.456. The van der Waals surface area contributed by atoms with Crippen LogP contribution < -0.4 is 10.2 Å². The predicted molar refractivity (Wildman–Crippen MR) is 129 cm³/mol. The lowest BCUT2D eigenvalue weighted by atomic mass is 9.91. The van der Waals surface area contributed by atoms with E-state index in [4.69, 9.17) is 0 Å². The fourth-order valence-electron chi connectivity index (χ4n) is 3.51. The van der Waals surface area contributed by atoms with Crippen LogP contribution in [-0.4, -0.2) is 36.9 Å². The van der Waals surface area contributed by atoms with Crippen molar-refractivity contribution in [3.63, 3.8) is 0 Å². The van der Waals surface area contributed by atoms with E-state index in [-0.39, 0.29) is 28.8 Å². The first-order chi connectivity index (χ1) is 14.9. The van der Waals surface area contributed by atoms with Gasteiger partial charge in [0.2, 0.25) is 5.91 Å². The predicted octanol–water partition coefficient (Wildman–Crippen LogP) is 5.71. The third-order valence-electron chi connectivity index (χ3n) is 5.37. The van der Waals surface area contributed by atoms with Crippen molar-refractivity contribution in [2.75, 3.05) is 24.3 Å². The van der Waals surface area contributed by atoms with Gasteiger partial charge in [-0.15, -0.1) is 0 Å². The van der Waals surface area contributed by atoms with E-state index in [0.29, 0.717) is 18.7 Å². The molecule has 1 atom stereocenters. The Morgan fingerprint density at radius 1 is 1.09 bits per heavy atom.